The van der Waals surface area contributed by atoms with Crippen molar-refractivity contribution in [2.75, 3.05) is 19.6 Å². The van der Waals surface area contributed by atoms with Crippen molar-refractivity contribution in [2.45, 2.75) is 33.1 Å². The summed E-state index contributed by atoms with van der Waals surface area (Å²) in [7, 11) is 0. The molecule has 1 rings (SSSR count). The highest BCUT2D eigenvalue weighted by atomic mass is 79.9. The van der Waals surface area contributed by atoms with Crippen molar-refractivity contribution in [1.82, 2.24) is 4.90 Å². The monoisotopic (exact) mass is 319 g/mol. The molecule has 0 heterocycles. The molecule has 0 radical (unpaired) electrons. The minimum Gasteiger partial charge on any atom is -0.505 e. The van der Waals surface area contributed by atoms with Gasteiger partial charge >= 0.3 is 0 Å². The topological polar surface area (TPSA) is 23.5 Å². The van der Waals surface area contributed by atoms with Gasteiger partial charge in [0.25, 0.3) is 0 Å². The summed E-state index contributed by atoms with van der Waals surface area (Å²) in [6.07, 6.45) is 3.15. The predicted molar refractivity (Wildman–Crippen MR) is 79.1 cm³/mol. The van der Waals surface area contributed by atoms with Crippen LogP contribution in [0.5, 0.6) is 5.75 Å². The van der Waals surface area contributed by atoms with E-state index in [0.717, 1.165) is 44.5 Å². The smallest absolute Gasteiger partial charge is 0.164 e. The van der Waals surface area contributed by atoms with Crippen LogP contribution in [0, 0.1) is 5.82 Å². The average Bonchev–Trinajstić information content (AvgIpc) is 2.31. The molecular weight excluding hydrogens is 297 g/mol. The summed E-state index contributed by atoms with van der Waals surface area (Å²) in [5.41, 5.74) is 0.987. The van der Waals surface area contributed by atoms with Gasteiger partial charge in [0.05, 0.1) is 0 Å². The lowest BCUT2D eigenvalue weighted by molar-refractivity contribution is 0.278. The molecule has 0 saturated heterocycles. The van der Waals surface area contributed by atoms with E-state index in [-0.39, 0.29) is 22.7 Å². The Kier molecular flexibility index (Phi) is 9.02. The Hall–Kier alpha value is -0.610. The van der Waals surface area contributed by atoms with Gasteiger partial charge in [0, 0.05) is 6.54 Å². The van der Waals surface area contributed by atoms with E-state index in [1.165, 1.54) is 12.1 Å². The third-order valence-electron chi connectivity index (χ3n) is 2.81. The van der Waals surface area contributed by atoms with E-state index < -0.39 is 5.82 Å². The first-order chi connectivity index (χ1) is 8.17. The zero-order valence-electron chi connectivity index (χ0n) is 11.2. The Balaban J connectivity index is 0.00000289. The van der Waals surface area contributed by atoms with Crippen molar-refractivity contribution >= 4 is 17.0 Å². The molecule has 4 heteroatoms. The maximum absolute atomic E-state index is 12.9. The first-order valence-corrected chi connectivity index (χ1v) is 6.37. The summed E-state index contributed by atoms with van der Waals surface area (Å²) in [4.78, 5) is 2.40. The van der Waals surface area contributed by atoms with Crippen molar-refractivity contribution in [3.05, 3.63) is 29.6 Å². The maximum atomic E-state index is 12.9. The van der Waals surface area contributed by atoms with Crippen LogP contribution in [-0.2, 0) is 6.42 Å². The van der Waals surface area contributed by atoms with E-state index in [9.17, 15) is 9.50 Å². The fourth-order valence-electron chi connectivity index (χ4n) is 1.97. The van der Waals surface area contributed by atoms with Gasteiger partial charge in [-0.3, -0.25) is 0 Å². The van der Waals surface area contributed by atoms with E-state index in [1.54, 1.807) is 6.07 Å². The number of hydrogen-bond acceptors (Lipinski definition) is 2. The molecular formula is C14H23BrFNO. The molecule has 0 bridgehead atoms. The zero-order chi connectivity index (χ0) is 12.7. The highest BCUT2D eigenvalue weighted by Gasteiger charge is 2.05. The Morgan fingerprint density at radius 1 is 1.11 bits per heavy atom. The molecule has 1 aromatic carbocycles. The summed E-state index contributed by atoms with van der Waals surface area (Å²) in [6.45, 7) is 7.51. The third kappa shape index (κ3) is 5.83. The standard InChI is InChI=1S/C14H22FNO.BrH/c1-3-8-16(9-4-2)10-7-12-5-6-13(15)14(17)11-12;/h5-6,11,17H,3-4,7-10H2,1-2H3;1H. The summed E-state index contributed by atoms with van der Waals surface area (Å²) in [6, 6.07) is 4.59. The van der Waals surface area contributed by atoms with Crippen molar-refractivity contribution in [2.24, 2.45) is 0 Å². The Labute approximate surface area is 120 Å². The van der Waals surface area contributed by atoms with Crippen LogP contribution in [0.25, 0.3) is 0 Å². The normalized spacial score (nSPS) is 10.4. The van der Waals surface area contributed by atoms with Gasteiger partial charge in [0.2, 0.25) is 0 Å². The number of nitrogens with zero attached hydrogens (tertiary/aromatic N) is 1. The van der Waals surface area contributed by atoms with Crippen LogP contribution < -0.4 is 0 Å². The molecule has 0 atom stereocenters. The molecule has 1 N–H and O–H groups in total. The second-order valence-electron chi connectivity index (χ2n) is 4.38. The van der Waals surface area contributed by atoms with E-state index in [0.29, 0.717) is 0 Å². The average molecular weight is 320 g/mol. The van der Waals surface area contributed by atoms with Crippen LogP contribution in [0.15, 0.2) is 18.2 Å². The van der Waals surface area contributed by atoms with Crippen LogP contribution in [0.3, 0.4) is 0 Å². The van der Waals surface area contributed by atoms with Gasteiger partial charge < -0.3 is 10.0 Å². The molecule has 0 saturated carbocycles. The Morgan fingerprint density at radius 2 is 1.72 bits per heavy atom. The lowest BCUT2D eigenvalue weighted by Crippen LogP contribution is -2.27. The van der Waals surface area contributed by atoms with Crippen molar-refractivity contribution in [3.63, 3.8) is 0 Å². The first-order valence-electron chi connectivity index (χ1n) is 6.37. The number of benzene rings is 1. The molecule has 0 aliphatic rings. The van der Waals surface area contributed by atoms with Crippen LogP contribution in [0.2, 0.25) is 0 Å². The largest absolute Gasteiger partial charge is 0.505 e. The minimum absolute atomic E-state index is 0. The predicted octanol–water partition coefficient (Wildman–Crippen LogP) is 3.77. The van der Waals surface area contributed by atoms with Gasteiger partial charge in [-0.15, -0.1) is 17.0 Å². The van der Waals surface area contributed by atoms with Crippen molar-refractivity contribution < 1.29 is 9.50 Å². The molecule has 0 aliphatic carbocycles. The number of rotatable bonds is 7. The molecule has 0 aromatic heterocycles. The number of halogens is 2. The highest BCUT2D eigenvalue weighted by Crippen LogP contribution is 2.17. The second-order valence-corrected chi connectivity index (χ2v) is 4.38. The van der Waals surface area contributed by atoms with Crippen LogP contribution >= 0.6 is 17.0 Å². The molecule has 1 aromatic rings. The van der Waals surface area contributed by atoms with Crippen molar-refractivity contribution in [1.29, 1.82) is 0 Å². The molecule has 0 unspecified atom stereocenters. The fraction of sp³-hybridized carbons (Fsp3) is 0.571. The number of hydrogen-bond donors (Lipinski definition) is 1. The van der Waals surface area contributed by atoms with E-state index >= 15 is 0 Å². The van der Waals surface area contributed by atoms with E-state index in [2.05, 4.69) is 18.7 Å². The van der Waals surface area contributed by atoms with Crippen LogP contribution in [0.1, 0.15) is 32.3 Å². The summed E-state index contributed by atoms with van der Waals surface area (Å²) in [5.74, 6) is -0.798. The molecule has 18 heavy (non-hydrogen) atoms. The number of phenolic OH excluding ortho intramolecular Hbond substituents is 1. The molecule has 0 aliphatic heterocycles. The fourth-order valence-corrected chi connectivity index (χ4v) is 1.97. The molecule has 0 amide bonds. The summed E-state index contributed by atoms with van der Waals surface area (Å²) in [5, 5.41) is 9.28. The molecule has 2 nitrogen and oxygen atoms in total. The van der Waals surface area contributed by atoms with E-state index in [1.807, 2.05) is 0 Å². The summed E-state index contributed by atoms with van der Waals surface area (Å²) < 4.78 is 12.9. The van der Waals surface area contributed by atoms with Crippen LogP contribution in [-0.4, -0.2) is 29.6 Å². The van der Waals surface area contributed by atoms with Gasteiger partial charge in [-0.2, -0.15) is 0 Å². The molecule has 0 spiro atoms. The quantitative estimate of drug-likeness (QED) is 0.826. The lowest BCUT2D eigenvalue weighted by Gasteiger charge is -2.20. The van der Waals surface area contributed by atoms with Gasteiger partial charge in [0.1, 0.15) is 0 Å². The first kappa shape index (κ1) is 17.4. The van der Waals surface area contributed by atoms with E-state index in [4.69, 9.17) is 0 Å². The lowest BCUT2D eigenvalue weighted by atomic mass is 10.1. The Bertz CT molecular complexity index is 341. The highest BCUT2D eigenvalue weighted by molar-refractivity contribution is 8.93. The van der Waals surface area contributed by atoms with Gasteiger partial charge in [-0.05, 0) is 50.0 Å². The van der Waals surface area contributed by atoms with Gasteiger partial charge in [-0.25, -0.2) is 4.39 Å². The SMILES string of the molecule is Br.CCCN(CCC)CCc1ccc(F)c(O)c1. The number of aromatic hydroxyl groups is 1. The molecule has 104 valence electrons. The second kappa shape index (κ2) is 9.34. The van der Waals surface area contributed by atoms with Gasteiger partial charge in [0.15, 0.2) is 11.6 Å². The zero-order valence-corrected chi connectivity index (χ0v) is 12.9. The third-order valence-corrected chi connectivity index (χ3v) is 2.81. The van der Waals surface area contributed by atoms with Crippen LogP contribution in [0.4, 0.5) is 4.39 Å². The van der Waals surface area contributed by atoms with Gasteiger partial charge in [-0.1, -0.05) is 19.9 Å². The maximum Gasteiger partial charge on any atom is 0.164 e. The Morgan fingerprint density at radius 3 is 2.22 bits per heavy atom. The summed E-state index contributed by atoms with van der Waals surface area (Å²) >= 11 is 0. The number of phenols is 1. The minimum atomic E-state index is -0.548. The van der Waals surface area contributed by atoms with Crippen molar-refractivity contribution in [3.8, 4) is 5.75 Å². The molecule has 0 fully saturated rings.